The largest absolute Gasteiger partial charge is 0.383 e. The van der Waals surface area contributed by atoms with Gasteiger partial charge in [0.15, 0.2) is 4.77 Å². The summed E-state index contributed by atoms with van der Waals surface area (Å²) >= 11 is 5.26. The molecule has 0 radical (unpaired) electrons. The molecule has 5 nitrogen and oxygen atoms in total. The van der Waals surface area contributed by atoms with Crippen molar-refractivity contribution in [2.45, 2.75) is 19.9 Å². The van der Waals surface area contributed by atoms with E-state index in [1.165, 1.54) is 0 Å². The van der Waals surface area contributed by atoms with Crippen molar-refractivity contribution in [3.8, 4) is 5.69 Å². The number of nitrogens with zero attached hydrogens (tertiary/aromatic N) is 3. The highest BCUT2D eigenvalue weighted by Gasteiger charge is 2.06. The van der Waals surface area contributed by atoms with Crippen LogP contribution in [-0.2, 0) is 17.7 Å². The van der Waals surface area contributed by atoms with Crippen molar-refractivity contribution < 1.29 is 4.74 Å². The Labute approximate surface area is 105 Å². The van der Waals surface area contributed by atoms with E-state index in [0.29, 0.717) is 11.4 Å². The summed E-state index contributed by atoms with van der Waals surface area (Å²) in [6.45, 7) is 3.50. The van der Waals surface area contributed by atoms with E-state index < -0.39 is 0 Å². The van der Waals surface area contributed by atoms with Crippen molar-refractivity contribution in [2.75, 3.05) is 13.7 Å². The quantitative estimate of drug-likeness (QED) is 0.827. The van der Waals surface area contributed by atoms with Gasteiger partial charge in [0.1, 0.15) is 0 Å². The van der Waals surface area contributed by atoms with Crippen LogP contribution in [-0.4, -0.2) is 33.0 Å². The lowest BCUT2D eigenvalue weighted by Gasteiger charge is -2.02. The molecule has 0 atom stereocenters. The first-order valence-corrected chi connectivity index (χ1v) is 5.98. The van der Waals surface area contributed by atoms with E-state index in [4.69, 9.17) is 17.0 Å². The maximum atomic E-state index is 5.26. The van der Waals surface area contributed by atoms with Crippen molar-refractivity contribution in [1.29, 1.82) is 0 Å². The van der Waals surface area contributed by atoms with Gasteiger partial charge in [-0.2, -0.15) is 5.10 Å². The second kappa shape index (κ2) is 5.29. The lowest BCUT2D eigenvalue weighted by atomic mass is 10.3. The Balaban J connectivity index is 2.30. The van der Waals surface area contributed by atoms with E-state index in [0.717, 1.165) is 24.3 Å². The van der Waals surface area contributed by atoms with Crippen molar-refractivity contribution >= 4 is 12.2 Å². The van der Waals surface area contributed by atoms with Gasteiger partial charge in [-0.25, -0.2) is 0 Å². The van der Waals surface area contributed by atoms with Crippen LogP contribution in [0.25, 0.3) is 5.69 Å². The molecule has 17 heavy (non-hydrogen) atoms. The normalized spacial score (nSPS) is 10.9. The van der Waals surface area contributed by atoms with Crippen LogP contribution in [0.2, 0.25) is 0 Å². The van der Waals surface area contributed by atoms with Gasteiger partial charge >= 0.3 is 0 Å². The molecule has 0 unspecified atom stereocenters. The molecule has 6 heteroatoms. The van der Waals surface area contributed by atoms with Crippen LogP contribution in [0.15, 0.2) is 18.6 Å². The second-order valence-electron chi connectivity index (χ2n) is 3.73. The highest BCUT2D eigenvalue weighted by atomic mass is 32.1. The summed E-state index contributed by atoms with van der Waals surface area (Å²) in [5, 5.41) is 4.28. The Morgan fingerprint density at radius 2 is 2.35 bits per heavy atom. The van der Waals surface area contributed by atoms with E-state index in [2.05, 4.69) is 17.0 Å². The highest BCUT2D eigenvalue weighted by molar-refractivity contribution is 7.71. The lowest BCUT2D eigenvalue weighted by molar-refractivity contribution is 0.183. The van der Waals surface area contributed by atoms with Crippen molar-refractivity contribution in [2.24, 2.45) is 0 Å². The summed E-state index contributed by atoms with van der Waals surface area (Å²) in [5.41, 5.74) is 2.14. The molecule has 2 aromatic heterocycles. The van der Waals surface area contributed by atoms with Gasteiger partial charge in [-0.3, -0.25) is 9.25 Å². The smallest absolute Gasteiger partial charge is 0.182 e. The van der Waals surface area contributed by atoms with Gasteiger partial charge in [0.05, 0.1) is 25.0 Å². The van der Waals surface area contributed by atoms with E-state index in [-0.39, 0.29) is 0 Å². The molecule has 0 amide bonds. The molecule has 0 aromatic carbocycles. The van der Waals surface area contributed by atoms with Crippen LogP contribution < -0.4 is 0 Å². The van der Waals surface area contributed by atoms with Gasteiger partial charge in [0.2, 0.25) is 0 Å². The maximum Gasteiger partial charge on any atom is 0.182 e. The van der Waals surface area contributed by atoms with E-state index in [1.807, 2.05) is 27.8 Å². The number of methoxy groups -OCH3 is 1. The van der Waals surface area contributed by atoms with Gasteiger partial charge in [0, 0.05) is 25.2 Å². The summed E-state index contributed by atoms with van der Waals surface area (Å²) in [5.74, 6) is 0. The third-order valence-corrected chi connectivity index (χ3v) is 2.92. The lowest BCUT2D eigenvalue weighted by Crippen LogP contribution is -2.04. The first-order valence-electron chi connectivity index (χ1n) is 5.57. The van der Waals surface area contributed by atoms with Crippen LogP contribution in [0.5, 0.6) is 0 Å². The van der Waals surface area contributed by atoms with Crippen LogP contribution in [0.4, 0.5) is 0 Å². The van der Waals surface area contributed by atoms with Gasteiger partial charge < -0.3 is 9.72 Å². The fourth-order valence-corrected chi connectivity index (χ4v) is 2.00. The standard InChI is InChI=1S/C11H16N4OS/c1-3-9-6-12-11(17)15(9)10-7-13-14(8-10)4-5-16-2/h6-8H,3-5H2,1-2H3,(H,12,17). The molecule has 0 saturated heterocycles. The molecule has 2 heterocycles. The Kier molecular flexibility index (Phi) is 3.75. The molecule has 2 aromatic rings. The number of rotatable bonds is 5. The zero-order chi connectivity index (χ0) is 12.3. The first kappa shape index (κ1) is 12.1. The predicted octanol–water partition coefficient (Wildman–Crippen LogP) is 1.94. The number of hydrogen-bond donors (Lipinski definition) is 1. The monoisotopic (exact) mass is 252 g/mol. The number of imidazole rings is 1. The van der Waals surface area contributed by atoms with E-state index in [1.54, 1.807) is 7.11 Å². The molecule has 2 rings (SSSR count). The molecule has 1 N–H and O–H groups in total. The number of aromatic nitrogens is 4. The van der Waals surface area contributed by atoms with E-state index in [9.17, 15) is 0 Å². The fourth-order valence-electron chi connectivity index (χ4n) is 1.72. The zero-order valence-electron chi connectivity index (χ0n) is 10.0. The number of aromatic amines is 1. The molecule has 0 fully saturated rings. The summed E-state index contributed by atoms with van der Waals surface area (Å²) in [7, 11) is 1.68. The Morgan fingerprint density at radius 3 is 3.06 bits per heavy atom. The SMILES string of the molecule is CCc1c[nH]c(=S)n1-c1cnn(CCOC)c1. The van der Waals surface area contributed by atoms with Crippen molar-refractivity contribution in [3.63, 3.8) is 0 Å². The molecule has 0 saturated carbocycles. The Bertz CT molecular complexity index is 540. The minimum Gasteiger partial charge on any atom is -0.383 e. The number of aryl methyl sites for hydroxylation is 1. The Morgan fingerprint density at radius 1 is 1.53 bits per heavy atom. The van der Waals surface area contributed by atoms with Gasteiger partial charge in [-0.1, -0.05) is 6.92 Å². The Hall–Kier alpha value is -1.40. The highest BCUT2D eigenvalue weighted by Crippen LogP contribution is 2.12. The van der Waals surface area contributed by atoms with Crippen LogP contribution >= 0.6 is 12.2 Å². The average molecular weight is 252 g/mol. The maximum absolute atomic E-state index is 5.26. The first-order chi connectivity index (χ1) is 8.26. The number of hydrogen-bond acceptors (Lipinski definition) is 3. The van der Waals surface area contributed by atoms with E-state index >= 15 is 0 Å². The van der Waals surface area contributed by atoms with Crippen LogP contribution in [0.3, 0.4) is 0 Å². The molecule has 0 bridgehead atoms. The second-order valence-corrected chi connectivity index (χ2v) is 4.12. The molecule has 0 aliphatic heterocycles. The van der Waals surface area contributed by atoms with Gasteiger partial charge in [-0.15, -0.1) is 0 Å². The molecule has 0 spiro atoms. The van der Waals surface area contributed by atoms with Crippen molar-refractivity contribution in [3.05, 3.63) is 29.1 Å². The fraction of sp³-hybridized carbons (Fsp3) is 0.455. The molecule has 0 aliphatic rings. The minimum absolute atomic E-state index is 0.653. The van der Waals surface area contributed by atoms with Crippen LogP contribution in [0, 0.1) is 4.77 Å². The average Bonchev–Trinajstić information content (AvgIpc) is 2.92. The van der Waals surface area contributed by atoms with Gasteiger partial charge in [-0.05, 0) is 18.6 Å². The zero-order valence-corrected chi connectivity index (χ0v) is 10.8. The molecule has 92 valence electrons. The van der Waals surface area contributed by atoms with Gasteiger partial charge in [0.25, 0.3) is 0 Å². The molecular formula is C11H16N4OS. The number of ether oxygens (including phenoxy) is 1. The summed E-state index contributed by atoms with van der Waals surface area (Å²) in [4.78, 5) is 3.06. The van der Waals surface area contributed by atoms with Crippen molar-refractivity contribution in [1.82, 2.24) is 19.3 Å². The minimum atomic E-state index is 0.653. The number of H-pyrrole nitrogens is 1. The third kappa shape index (κ3) is 2.48. The summed E-state index contributed by atoms with van der Waals surface area (Å²) < 4.78 is 9.58. The molecular weight excluding hydrogens is 236 g/mol. The number of nitrogens with one attached hydrogen (secondary N) is 1. The predicted molar refractivity (Wildman–Crippen MR) is 68.0 cm³/mol. The van der Waals surface area contributed by atoms with Crippen LogP contribution in [0.1, 0.15) is 12.6 Å². The third-order valence-electron chi connectivity index (χ3n) is 2.62. The summed E-state index contributed by atoms with van der Waals surface area (Å²) in [6.07, 6.45) is 6.66. The molecule has 0 aliphatic carbocycles. The summed E-state index contributed by atoms with van der Waals surface area (Å²) in [6, 6.07) is 0. The topological polar surface area (TPSA) is 47.8 Å².